The number of ether oxygens (including phenoxy) is 1. The van der Waals surface area contributed by atoms with Crippen molar-refractivity contribution in [3.8, 4) is 11.6 Å². The van der Waals surface area contributed by atoms with Gasteiger partial charge in [-0.2, -0.15) is 0 Å². The van der Waals surface area contributed by atoms with E-state index in [1.807, 2.05) is 12.1 Å². The Kier molecular flexibility index (Phi) is 2.65. The molecule has 0 spiro atoms. The van der Waals surface area contributed by atoms with Crippen molar-refractivity contribution in [1.82, 2.24) is 4.98 Å². The predicted octanol–water partition coefficient (Wildman–Crippen LogP) is 3.33. The molecule has 0 saturated heterocycles. The minimum atomic E-state index is 0.511. The van der Waals surface area contributed by atoms with Crippen molar-refractivity contribution in [2.45, 2.75) is 0 Å². The number of nitrogens with zero attached hydrogens (tertiary/aromatic N) is 1. The van der Waals surface area contributed by atoms with Crippen molar-refractivity contribution < 1.29 is 4.74 Å². The summed E-state index contributed by atoms with van der Waals surface area (Å²) < 4.78 is 5.45. The lowest BCUT2D eigenvalue weighted by molar-refractivity contribution is 0.463. The molecule has 0 saturated carbocycles. The number of pyridine rings is 1. The van der Waals surface area contributed by atoms with Gasteiger partial charge in [-0.15, -0.1) is 0 Å². The molecular formula is C11H7ClNO. The second-order valence-corrected chi connectivity index (χ2v) is 3.04. The second kappa shape index (κ2) is 4.11. The van der Waals surface area contributed by atoms with E-state index in [2.05, 4.69) is 11.1 Å². The first-order valence-corrected chi connectivity index (χ1v) is 4.48. The van der Waals surface area contributed by atoms with Gasteiger partial charge >= 0.3 is 0 Å². The molecule has 3 heteroatoms. The van der Waals surface area contributed by atoms with Crippen molar-refractivity contribution >= 4 is 11.6 Å². The summed E-state index contributed by atoms with van der Waals surface area (Å²) in [5.74, 6) is 1.12. The number of hydrogen-bond acceptors (Lipinski definition) is 2. The second-order valence-electron chi connectivity index (χ2n) is 2.63. The van der Waals surface area contributed by atoms with Gasteiger partial charge in [0.25, 0.3) is 0 Å². The Hall–Kier alpha value is -1.54. The Morgan fingerprint density at radius 3 is 2.79 bits per heavy atom. The Bertz CT molecular complexity index is 417. The van der Waals surface area contributed by atoms with Gasteiger partial charge in [0, 0.05) is 18.3 Å². The van der Waals surface area contributed by atoms with Crippen LogP contribution >= 0.6 is 11.6 Å². The van der Waals surface area contributed by atoms with Crippen LogP contribution in [0.2, 0.25) is 5.02 Å². The lowest BCUT2D eigenvalue weighted by Gasteiger charge is -2.04. The third kappa shape index (κ3) is 2.03. The fraction of sp³-hybridized carbons (Fsp3) is 0. The Morgan fingerprint density at radius 1 is 1.21 bits per heavy atom. The molecule has 2 aromatic rings. The average Bonchev–Trinajstić information content (AvgIpc) is 2.23. The quantitative estimate of drug-likeness (QED) is 0.749. The van der Waals surface area contributed by atoms with Crippen LogP contribution < -0.4 is 4.74 Å². The predicted molar refractivity (Wildman–Crippen MR) is 54.6 cm³/mol. The SMILES string of the molecule is Clc1ccccc1Oc1cc[c]cn1. The first-order chi connectivity index (χ1) is 6.86. The van der Waals surface area contributed by atoms with Gasteiger partial charge in [0.2, 0.25) is 5.88 Å². The standard InChI is InChI=1S/C11H7ClNO/c12-9-5-1-2-6-10(9)14-11-7-3-4-8-13-11/h1-3,5-8H. The number of aromatic nitrogens is 1. The van der Waals surface area contributed by atoms with E-state index < -0.39 is 0 Å². The fourth-order valence-electron chi connectivity index (χ4n) is 1.01. The van der Waals surface area contributed by atoms with E-state index in [0.717, 1.165) is 0 Å². The molecule has 0 bridgehead atoms. The molecule has 1 radical (unpaired) electrons. The van der Waals surface area contributed by atoms with Gasteiger partial charge in [0.15, 0.2) is 0 Å². The highest BCUT2D eigenvalue weighted by Crippen LogP contribution is 2.27. The average molecular weight is 205 g/mol. The Labute approximate surface area is 87.1 Å². The summed E-state index contributed by atoms with van der Waals surface area (Å²) in [6, 6.07) is 13.5. The number of rotatable bonds is 2. The number of halogens is 1. The zero-order chi connectivity index (χ0) is 9.80. The van der Waals surface area contributed by atoms with Crippen LogP contribution in [0, 0.1) is 6.07 Å². The van der Waals surface area contributed by atoms with Gasteiger partial charge in [0.1, 0.15) is 5.75 Å². The van der Waals surface area contributed by atoms with Gasteiger partial charge in [-0.3, -0.25) is 0 Å². The highest BCUT2D eigenvalue weighted by atomic mass is 35.5. The normalized spacial score (nSPS) is 9.79. The molecular weight excluding hydrogens is 198 g/mol. The number of para-hydroxylation sites is 1. The fourth-order valence-corrected chi connectivity index (χ4v) is 1.18. The van der Waals surface area contributed by atoms with Crippen molar-refractivity contribution in [2.24, 2.45) is 0 Å². The highest BCUT2D eigenvalue weighted by Gasteiger charge is 2.01. The van der Waals surface area contributed by atoms with E-state index in [1.165, 1.54) is 0 Å². The van der Waals surface area contributed by atoms with Crippen LogP contribution in [-0.2, 0) is 0 Å². The Morgan fingerprint density at radius 2 is 2.07 bits per heavy atom. The van der Waals surface area contributed by atoms with E-state index in [0.29, 0.717) is 16.7 Å². The van der Waals surface area contributed by atoms with Crippen LogP contribution in [0.15, 0.2) is 42.6 Å². The summed E-state index contributed by atoms with van der Waals surface area (Å²) in [7, 11) is 0. The molecule has 0 aliphatic heterocycles. The molecule has 1 heterocycles. The third-order valence-electron chi connectivity index (χ3n) is 1.64. The van der Waals surface area contributed by atoms with Crippen LogP contribution in [-0.4, -0.2) is 4.98 Å². The molecule has 69 valence electrons. The van der Waals surface area contributed by atoms with Gasteiger partial charge in [-0.05, 0) is 18.2 Å². The Balaban J connectivity index is 2.24. The summed E-state index contributed by atoms with van der Waals surface area (Å²) in [5, 5.41) is 0.571. The van der Waals surface area contributed by atoms with Crippen LogP contribution in [0.3, 0.4) is 0 Å². The zero-order valence-electron chi connectivity index (χ0n) is 7.27. The molecule has 0 fully saturated rings. The smallest absolute Gasteiger partial charge is 0.219 e. The van der Waals surface area contributed by atoms with Gasteiger partial charge < -0.3 is 4.74 Å². The van der Waals surface area contributed by atoms with Gasteiger partial charge in [0.05, 0.1) is 5.02 Å². The summed E-state index contributed by atoms with van der Waals surface area (Å²) in [5.41, 5.74) is 0. The van der Waals surface area contributed by atoms with Gasteiger partial charge in [-0.1, -0.05) is 23.7 Å². The number of hydrogen-bond donors (Lipinski definition) is 0. The van der Waals surface area contributed by atoms with E-state index in [9.17, 15) is 0 Å². The molecule has 1 aromatic heterocycles. The van der Waals surface area contributed by atoms with E-state index in [4.69, 9.17) is 16.3 Å². The van der Waals surface area contributed by atoms with Crippen molar-refractivity contribution in [3.05, 3.63) is 53.7 Å². The minimum absolute atomic E-state index is 0.511. The first kappa shape index (κ1) is 9.03. The minimum Gasteiger partial charge on any atom is -0.437 e. The molecule has 0 amide bonds. The first-order valence-electron chi connectivity index (χ1n) is 4.11. The maximum absolute atomic E-state index is 5.91. The summed E-state index contributed by atoms with van der Waals surface area (Å²) in [4.78, 5) is 3.98. The molecule has 0 N–H and O–H groups in total. The molecule has 0 aliphatic carbocycles. The third-order valence-corrected chi connectivity index (χ3v) is 1.95. The van der Waals surface area contributed by atoms with E-state index in [-0.39, 0.29) is 0 Å². The molecule has 1 aromatic carbocycles. The molecule has 0 unspecified atom stereocenters. The van der Waals surface area contributed by atoms with E-state index >= 15 is 0 Å². The molecule has 2 rings (SSSR count). The van der Waals surface area contributed by atoms with Crippen molar-refractivity contribution in [3.63, 3.8) is 0 Å². The van der Waals surface area contributed by atoms with E-state index in [1.54, 1.807) is 30.5 Å². The van der Waals surface area contributed by atoms with Crippen LogP contribution in [0.5, 0.6) is 11.6 Å². The number of benzene rings is 1. The van der Waals surface area contributed by atoms with Crippen molar-refractivity contribution in [1.29, 1.82) is 0 Å². The van der Waals surface area contributed by atoms with Crippen LogP contribution in [0.1, 0.15) is 0 Å². The molecule has 0 atom stereocenters. The maximum Gasteiger partial charge on any atom is 0.219 e. The van der Waals surface area contributed by atoms with Crippen LogP contribution in [0.25, 0.3) is 0 Å². The van der Waals surface area contributed by atoms with Crippen LogP contribution in [0.4, 0.5) is 0 Å². The summed E-state index contributed by atoms with van der Waals surface area (Å²) in [6.45, 7) is 0. The lowest BCUT2D eigenvalue weighted by Crippen LogP contribution is -1.86. The van der Waals surface area contributed by atoms with Crippen molar-refractivity contribution in [2.75, 3.05) is 0 Å². The molecule has 14 heavy (non-hydrogen) atoms. The topological polar surface area (TPSA) is 22.1 Å². The van der Waals surface area contributed by atoms with Gasteiger partial charge in [-0.25, -0.2) is 4.98 Å². The monoisotopic (exact) mass is 204 g/mol. The zero-order valence-corrected chi connectivity index (χ0v) is 8.03. The highest BCUT2D eigenvalue weighted by molar-refractivity contribution is 6.32. The maximum atomic E-state index is 5.91. The molecule has 2 nitrogen and oxygen atoms in total. The largest absolute Gasteiger partial charge is 0.437 e. The molecule has 0 aliphatic rings. The lowest BCUT2D eigenvalue weighted by atomic mass is 10.3. The summed E-state index contributed by atoms with van der Waals surface area (Å²) >= 11 is 5.91. The summed E-state index contributed by atoms with van der Waals surface area (Å²) in [6.07, 6.45) is 1.55.